The van der Waals surface area contributed by atoms with E-state index in [1.807, 2.05) is 13.8 Å². The van der Waals surface area contributed by atoms with E-state index in [2.05, 4.69) is 15.5 Å². The largest absolute Gasteiger partial charge is 0.461 e. The first-order valence-corrected chi connectivity index (χ1v) is 6.36. The monoisotopic (exact) mass is 314 g/mol. The molecule has 0 unspecified atom stereocenters. The van der Waals surface area contributed by atoms with Gasteiger partial charge in [-0.05, 0) is 26.0 Å². The average Bonchev–Trinajstić information content (AvgIpc) is 3.03. The molecule has 0 aliphatic carbocycles. The zero-order valence-electron chi connectivity index (χ0n) is 12.0. The summed E-state index contributed by atoms with van der Waals surface area (Å²) in [7, 11) is 0. The second-order valence-electron chi connectivity index (χ2n) is 5.25. The molecule has 3 N–H and O–H groups in total. The van der Waals surface area contributed by atoms with Crippen LogP contribution in [0, 0.1) is 0 Å². The van der Waals surface area contributed by atoms with Crippen LogP contribution in [0.5, 0.6) is 0 Å². The summed E-state index contributed by atoms with van der Waals surface area (Å²) in [5.41, 5.74) is 5.36. The molecule has 7 nitrogen and oxygen atoms in total. The van der Waals surface area contributed by atoms with Gasteiger partial charge < -0.3 is 20.0 Å². The number of nitrogens with zero attached hydrogens (tertiary/aromatic N) is 2. The van der Waals surface area contributed by atoms with Crippen molar-refractivity contribution in [2.75, 3.05) is 6.54 Å². The number of hydrogen-bond donors (Lipinski definition) is 2. The highest BCUT2D eigenvalue weighted by Crippen LogP contribution is 2.16. The van der Waals surface area contributed by atoms with Crippen LogP contribution < -0.4 is 11.1 Å². The van der Waals surface area contributed by atoms with Crippen molar-refractivity contribution in [2.45, 2.75) is 32.2 Å². The summed E-state index contributed by atoms with van der Waals surface area (Å²) in [5, 5.41) is 6.55. The van der Waals surface area contributed by atoms with Crippen LogP contribution in [0.4, 0.5) is 0 Å². The second-order valence-corrected chi connectivity index (χ2v) is 5.25. The molecule has 0 radical (unpaired) electrons. The molecule has 1 amide bonds. The number of amides is 1. The van der Waals surface area contributed by atoms with E-state index in [1.165, 1.54) is 6.26 Å². The van der Waals surface area contributed by atoms with Gasteiger partial charge in [-0.3, -0.25) is 4.79 Å². The van der Waals surface area contributed by atoms with Gasteiger partial charge in [0.05, 0.1) is 6.26 Å². The lowest BCUT2D eigenvalue weighted by Gasteiger charge is -2.18. The van der Waals surface area contributed by atoms with Crippen LogP contribution in [-0.4, -0.2) is 28.1 Å². The van der Waals surface area contributed by atoms with Crippen molar-refractivity contribution in [3.05, 3.63) is 24.3 Å². The zero-order chi connectivity index (χ0) is 14.6. The molecule has 0 aliphatic rings. The number of hydrogen-bond acceptors (Lipinski definition) is 6. The molecule has 0 fully saturated rings. The van der Waals surface area contributed by atoms with Crippen molar-refractivity contribution in [3.8, 4) is 11.6 Å². The van der Waals surface area contributed by atoms with Crippen LogP contribution in [0.15, 0.2) is 27.3 Å². The topological polar surface area (TPSA) is 107 Å². The van der Waals surface area contributed by atoms with Crippen molar-refractivity contribution in [1.82, 2.24) is 15.5 Å². The molecule has 0 bridgehead atoms. The highest BCUT2D eigenvalue weighted by molar-refractivity contribution is 5.85. The lowest BCUT2D eigenvalue weighted by molar-refractivity contribution is -0.121. The molecule has 116 valence electrons. The van der Waals surface area contributed by atoms with Gasteiger partial charge in [0.15, 0.2) is 5.76 Å². The van der Waals surface area contributed by atoms with E-state index < -0.39 is 5.54 Å². The lowest BCUT2D eigenvalue weighted by atomic mass is 10.1. The summed E-state index contributed by atoms with van der Waals surface area (Å²) in [5.74, 6) is 1.22. The maximum absolute atomic E-state index is 11.6. The first kappa shape index (κ1) is 17.2. The molecule has 2 aromatic rings. The lowest BCUT2D eigenvalue weighted by Crippen LogP contribution is -2.45. The number of nitrogens with two attached hydrogens (primary N) is 1. The fraction of sp³-hybridized carbons (Fsp3) is 0.462. The van der Waals surface area contributed by atoms with E-state index >= 15 is 0 Å². The fourth-order valence-corrected chi connectivity index (χ4v) is 1.50. The Labute approximate surface area is 128 Å². The Hall–Kier alpha value is -1.86. The van der Waals surface area contributed by atoms with E-state index in [4.69, 9.17) is 14.7 Å². The van der Waals surface area contributed by atoms with E-state index in [0.717, 1.165) is 0 Å². The molecule has 0 aromatic carbocycles. The number of carbonyl (C=O) groups is 1. The molecule has 21 heavy (non-hydrogen) atoms. The Morgan fingerprint density at radius 1 is 1.48 bits per heavy atom. The minimum atomic E-state index is -0.424. The Morgan fingerprint density at radius 3 is 2.86 bits per heavy atom. The predicted molar refractivity (Wildman–Crippen MR) is 78.8 cm³/mol. The molecule has 0 saturated heterocycles. The summed E-state index contributed by atoms with van der Waals surface area (Å²) in [4.78, 5) is 15.8. The first-order chi connectivity index (χ1) is 9.44. The Morgan fingerprint density at radius 2 is 2.24 bits per heavy atom. The van der Waals surface area contributed by atoms with Crippen LogP contribution in [0.1, 0.15) is 26.2 Å². The highest BCUT2D eigenvalue weighted by Gasteiger charge is 2.14. The van der Waals surface area contributed by atoms with Gasteiger partial charge in [0.25, 0.3) is 0 Å². The summed E-state index contributed by atoms with van der Waals surface area (Å²) in [6.07, 6.45) is 2.19. The second kappa shape index (κ2) is 7.24. The molecule has 0 saturated carbocycles. The molecular weight excluding hydrogens is 296 g/mol. The summed E-state index contributed by atoms with van der Waals surface area (Å²) in [6.45, 7) is 4.12. The summed E-state index contributed by atoms with van der Waals surface area (Å²) >= 11 is 0. The van der Waals surface area contributed by atoms with Crippen molar-refractivity contribution < 1.29 is 13.7 Å². The summed E-state index contributed by atoms with van der Waals surface area (Å²) < 4.78 is 10.2. The third-order valence-electron chi connectivity index (χ3n) is 2.52. The maximum atomic E-state index is 11.6. The Bertz CT molecular complexity index is 560. The molecule has 0 spiro atoms. The van der Waals surface area contributed by atoms with Crippen LogP contribution in [0.2, 0.25) is 0 Å². The normalized spacial score (nSPS) is 11.0. The van der Waals surface area contributed by atoms with Gasteiger partial charge in [0.2, 0.25) is 17.6 Å². The van der Waals surface area contributed by atoms with Crippen molar-refractivity contribution >= 4 is 18.3 Å². The molecule has 2 rings (SSSR count). The molecule has 2 heterocycles. The number of furan rings is 1. The van der Waals surface area contributed by atoms with Crippen LogP contribution in [0.25, 0.3) is 11.6 Å². The van der Waals surface area contributed by atoms with E-state index in [0.29, 0.717) is 30.4 Å². The minimum Gasteiger partial charge on any atom is -0.461 e. The standard InChI is InChI=1S/C13H18N4O3.ClH/c1-13(2,14)8-15-10(18)5-6-11-16-12(17-20-11)9-4-3-7-19-9;/h3-4,7H,5-6,8,14H2,1-2H3,(H,15,18);1H. The third kappa shape index (κ3) is 5.57. The summed E-state index contributed by atoms with van der Waals surface area (Å²) in [6, 6.07) is 3.48. The highest BCUT2D eigenvalue weighted by atomic mass is 35.5. The van der Waals surface area contributed by atoms with Crippen molar-refractivity contribution in [2.24, 2.45) is 5.73 Å². The predicted octanol–water partition coefficient (Wildman–Crippen LogP) is 1.54. The average molecular weight is 315 g/mol. The van der Waals surface area contributed by atoms with Gasteiger partial charge in [-0.15, -0.1) is 12.4 Å². The van der Waals surface area contributed by atoms with Gasteiger partial charge >= 0.3 is 0 Å². The third-order valence-corrected chi connectivity index (χ3v) is 2.52. The fourth-order valence-electron chi connectivity index (χ4n) is 1.50. The molecular formula is C13H19ClN4O3. The zero-order valence-corrected chi connectivity index (χ0v) is 12.8. The van der Waals surface area contributed by atoms with Gasteiger partial charge in [-0.1, -0.05) is 5.16 Å². The van der Waals surface area contributed by atoms with E-state index in [1.54, 1.807) is 12.1 Å². The van der Waals surface area contributed by atoms with Crippen LogP contribution in [0.3, 0.4) is 0 Å². The first-order valence-electron chi connectivity index (χ1n) is 6.36. The maximum Gasteiger partial charge on any atom is 0.238 e. The number of nitrogens with one attached hydrogen (secondary N) is 1. The SMILES string of the molecule is CC(C)(N)CNC(=O)CCc1nc(-c2ccco2)no1.Cl. The van der Waals surface area contributed by atoms with Gasteiger partial charge in [0.1, 0.15) is 0 Å². The quantitative estimate of drug-likeness (QED) is 0.837. The van der Waals surface area contributed by atoms with Gasteiger partial charge in [0, 0.05) is 24.9 Å². The Kier molecular flexibility index (Phi) is 5.92. The number of aromatic nitrogens is 2. The number of aryl methyl sites for hydroxylation is 1. The molecule has 0 aliphatic heterocycles. The smallest absolute Gasteiger partial charge is 0.238 e. The number of rotatable bonds is 6. The molecule has 0 atom stereocenters. The number of halogens is 1. The van der Waals surface area contributed by atoms with E-state index in [-0.39, 0.29) is 24.7 Å². The van der Waals surface area contributed by atoms with Crippen LogP contribution >= 0.6 is 12.4 Å². The van der Waals surface area contributed by atoms with Crippen molar-refractivity contribution in [1.29, 1.82) is 0 Å². The minimum absolute atomic E-state index is 0. The number of carbonyl (C=O) groups excluding carboxylic acids is 1. The van der Waals surface area contributed by atoms with Crippen molar-refractivity contribution in [3.63, 3.8) is 0 Å². The molecule has 2 aromatic heterocycles. The Balaban J connectivity index is 0.00000220. The van der Waals surface area contributed by atoms with Gasteiger partial charge in [-0.25, -0.2) is 0 Å². The van der Waals surface area contributed by atoms with Gasteiger partial charge in [-0.2, -0.15) is 4.98 Å². The molecule has 8 heteroatoms. The van der Waals surface area contributed by atoms with Crippen LogP contribution in [-0.2, 0) is 11.2 Å². The van der Waals surface area contributed by atoms with E-state index in [9.17, 15) is 4.79 Å².